The number of nitro groups is 1. The highest BCUT2D eigenvalue weighted by Gasteiger charge is 2.08. The number of hydrogen-bond acceptors (Lipinski definition) is 5. The predicted octanol–water partition coefficient (Wildman–Crippen LogP) is 2.35. The third kappa shape index (κ3) is 4.01. The quantitative estimate of drug-likeness (QED) is 0.263. The number of halogens is 1. The molecule has 1 heterocycles. The highest BCUT2D eigenvalue weighted by molar-refractivity contribution is 7.99. The lowest BCUT2D eigenvalue weighted by molar-refractivity contribution is -0.385. The molecule has 1 unspecified atom stereocenters. The number of rotatable bonds is 5. The van der Waals surface area contributed by atoms with Crippen molar-refractivity contribution in [1.82, 2.24) is 9.97 Å². The first-order chi connectivity index (χ1) is 7.13. The Bertz CT molecular complexity index is 333. The second-order valence-corrected chi connectivity index (χ2v) is 4.35. The maximum absolute atomic E-state index is 10.3. The molecule has 1 aromatic rings. The van der Waals surface area contributed by atoms with Crippen molar-refractivity contribution in [3.05, 3.63) is 22.5 Å². The molecule has 0 aliphatic rings. The van der Waals surface area contributed by atoms with Crippen molar-refractivity contribution < 1.29 is 4.92 Å². The van der Waals surface area contributed by atoms with E-state index in [-0.39, 0.29) is 5.69 Å². The summed E-state index contributed by atoms with van der Waals surface area (Å²) < 4.78 is 0. The van der Waals surface area contributed by atoms with E-state index in [9.17, 15) is 10.1 Å². The summed E-state index contributed by atoms with van der Waals surface area (Å²) in [5.41, 5.74) is -0.0928. The van der Waals surface area contributed by atoms with Gasteiger partial charge in [0, 0.05) is 11.6 Å². The van der Waals surface area contributed by atoms with Crippen LogP contribution in [-0.2, 0) is 0 Å². The summed E-state index contributed by atoms with van der Waals surface area (Å²) in [7, 11) is 0. The molecule has 0 spiro atoms. The van der Waals surface area contributed by atoms with Gasteiger partial charge in [-0.1, -0.05) is 18.7 Å². The number of aromatic nitrogens is 2. The van der Waals surface area contributed by atoms with Gasteiger partial charge in [-0.25, -0.2) is 9.97 Å². The van der Waals surface area contributed by atoms with E-state index in [2.05, 4.69) is 9.97 Å². The Morgan fingerprint density at radius 3 is 2.67 bits per heavy atom. The molecular formula is C8H10ClN3O2S. The minimum Gasteiger partial charge on any atom is -0.258 e. The fraction of sp³-hybridized carbons (Fsp3) is 0.500. The van der Waals surface area contributed by atoms with Gasteiger partial charge in [0.05, 0.1) is 4.92 Å². The fourth-order valence-corrected chi connectivity index (χ4v) is 1.78. The predicted molar refractivity (Wildman–Crippen MR) is 59.3 cm³/mol. The van der Waals surface area contributed by atoms with Crippen LogP contribution in [-0.4, -0.2) is 26.5 Å². The molecule has 0 aliphatic carbocycles. The van der Waals surface area contributed by atoms with Gasteiger partial charge in [-0.05, 0) is 5.92 Å². The molecule has 7 heteroatoms. The van der Waals surface area contributed by atoms with Crippen molar-refractivity contribution in [1.29, 1.82) is 0 Å². The first kappa shape index (κ1) is 12.2. The van der Waals surface area contributed by atoms with E-state index >= 15 is 0 Å². The Kier molecular flexibility index (Phi) is 4.77. The lowest BCUT2D eigenvalue weighted by Crippen LogP contribution is -2.00. The van der Waals surface area contributed by atoms with Crippen molar-refractivity contribution in [2.75, 3.05) is 11.6 Å². The van der Waals surface area contributed by atoms with Crippen LogP contribution < -0.4 is 0 Å². The summed E-state index contributed by atoms with van der Waals surface area (Å²) >= 11 is 7.09. The zero-order chi connectivity index (χ0) is 11.3. The maximum Gasteiger partial charge on any atom is 0.305 e. The molecule has 82 valence electrons. The van der Waals surface area contributed by atoms with Crippen LogP contribution >= 0.6 is 23.4 Å². The summed E-state index contributed by atoms with van der Waals surface area (Å²) in [5, 5.41) is 10.9. The lowest BCUT2D eigenvalue weighted by atomic mass is 10.3. The van der Waals surface area contributed by atoms with E-state index in [0.717, 1.165) is 5.75 Å². The highest BCUT2D eigenvalue weighted by atomic mass is 35.5. The zero-order valence-electron chi connectivity index (χ0n) is 8.09. The molecular weight excluding hydrogens is 238 g/mol. The number of nitrogens with zero attached hydrogens (tertiary/aromatic N) is 3. The van der Waals surface area contributed by atoms with E-state index in [4.69, 9.17) is 11.6 Å². The largest absolute Gasteiger partial charge is 0.305 e. The van der Waals surface area contributed by atoms with Gasteiger partial charge in [0.15, 0.2) is 5.16 Å². The molecule has 1 atom stereocenters. The average molecular weight is 248 g/mol. The Morgan fingerprint density at radius 2 is 2.20 bits per heavy atom. The molecule has 0 aliphatic heterocycles. The van der Waals surface area contributed by atoms with Crippen molar-refractivity contribution in [2.24, 2.45) is 5.92 Å². The molecule has 15 heavy (non-hydrogen) atoms. The van der Waals surface area contributed by atoms with Gasteiger partial charge in [0.1, 0.15) is 12.4 Å². The van der Waals surface area contributed by atoms with Crippen molar-refractivity contribution in [3.8, 4) is 0 Å². The van der Waals surface area contributed by atoms with Crippen LogP contribution in [0.25, 0.3) is 0 Å². The SMILES string of the molecule is CC(CCl)CSc1ncc([N+](=O)[O-])cn1. The molecule has 0 N–H and O–H groups in total. The smallest absolute Gasteiger partial charge is 0.258 e. The van der Waals surface area contributed by atoms with E-state index < -0.39 is 4.92 Å². The summed E-state index contributed by atoms with van der Waals surface area (Å²) in [4.78, 5) is 17.6. The molecule has 1 rings (SSSR count). The zero-order valence-corrected chi connectivity index (χ0v) is 9.66. The Balaban J connectivity index is 2.53. The van der Waals surface area contributed by atoms with Crippen LogP contribution in [0.1, 0.15) is 6.92 Å². The van der Waals surface area contributed by atoms with Gasteiger partial charge in [-0.15, -0.1) is 11.6 Å². The van der Waals surface area contributed by atoms with Gasteiger partial charge in [0.2, 0.25) is 0 Å². The molecule has 0 bridgehead atoms. The summed E-state index contributed by atoms with van der Waals surface area (Å²) in [6.07, 6.45) is 2.42. The Hall–Kier alpha value is -0.880. The van der Waals surface area contributed by atoms with E-state index in [0.29, 0.717) is 17.0 Å². The highest BCUT2D eigenvalue weighted by Crippen LogP contribution is 2.18. The van der Waals surface area contributed by atoms with Gasteiger partial charge in [0.25, 0.3) is 0 Å². The first-order valence-corrected chi connectivity index (χ1v) is 5.80. The third-order valence-electron chi connectivity index (χ3n) is 1.59. The van der Waals surface area contributed by atoms with Crippen LogP contribution in [0.2, 0.25) is 0 Å². The van der Waals surface area contributed by atoms with Gasteiger partial charge in [-0.2, -0.15) is 0 Å². The summed E-state index contributed by atoms with van der Waals surface area (Å²) in [6, 6.07) is 0. The van der Waals surface area contributed by atoms with Crippen molar-refractivity contribution >= 4 is 29.1 Å². The molecule has 0 fully saturated rings. The topological polar surface area (TPSA) is 68.9 Å². The molecule has 0 aromatic carbocycles. The average Bonchev–Trinajstić information content (AvgIpc) is 2.26. The van der Waals surface area contributed by atoms with Crippen LogP contribution in [0.5, 0.6) is 0 Å². The third-order valence-corrected chi connectivity index (χ3v) is 3.32. The minimum atomic E-state index is -0.518. The molecule has 0 radical (unpaired) electrons. The summed E-state index contributed by atoms with van der Waals surface area (Å²) in [6.45, 7) is 2.02. The molecule has 0 saturated heterocycles. The number of hydrogen-bond donors (Lipinski definition) is 0. The lowest BCUT2D eigenvalue weighted by Gasteiger charge is -2.04. The van der Waals surface area contributed by atoms with Crippen LogP contribution in [0, 0.1) is 16.0 Å². The van der Waals surface area contributed by atoms with Crippen LogP contribution in [0.15, 0.2) is 17.6 Å². The number of alkyl halides is 1. The van der Waals surface area contributed by atoms with Crippen molar-refractivity contribution in [2.45, 2.75) is 12.1 Å². The van der Waals surface area contributed by atoms with Crippen LogP contribution in [0.4, 0.5) is 5.69 Å². The van der Waals surface area contributed by atoms with E-state index in [1.54, 1.807) is 0 Å². The van der Waals surface area contributed by atoms with E-state index in [1.165, 1.54) is 24.2 Å². The molecule has 5 nitrogen and oxygen atoms in total. The first-order valence-electron chi connectivity index (χ1n) is 4.28. The minimum absolute atomic E-state index is 0.0928. The van der Waals surface area contributed by atoms with Gasteiger partial charge in [-0.3, -0.25) is 10.1 Å². The second-order valence-electron chi connectivity index (χ2n) is 3.05. The Labute approximate surface area is 96.4 Å². The monoisotopic (exact) mass is 247 g/mol. The standard InChI is InChI=1S/C8H10ClN3O2S/c1-6(2-9)5-15-8-10-3-7(4-11-8)12(13)14/h3-4,6H,2,5H2,1H3. The van der Waals surface area contributed by atoms with Crippen LogP contribution in [0.3, 0.4) is 0 Å². The normalized spacial score (nSPS) is 12.4. The van der Waals surface area contributed by atoms with Gasteiger partial charge >= 0.3 is 5.69 Å². The van der Waals surface area contributed by atoms with Crippen molar-refractivity contribution in [3.63, 3.8) is 0 Å². The molecule has 0 amide bonds. The molecule has 1 aromatic heterocycles. The molecule has 0 saturated carbocycles. The Morgan fingerprint density at radius 1 is 1.60 bits per heavy atom. The maximum atomic E-state index is 10.3. The summed E-state index contributed by atoms with van der Waals surface area (Å²) in [5.74, 6) is 1.76. The van der Waals surface area contributed by atoms with E-state index in [1.807, 2.05) is 6.92 Å². The second kappa shape index (κ2) is 5.87. The number of thioether (sulfide) groups is 1. The fourth-order valence-electron chi connectivity index (χ4n) is 0.740. The van der Waals surface area contributed by atoms with Gasteiger partial charge < -0.3 is 0 Å².